The Hall–Kier alpha value is -3.23. The number of sulfone groups is 1. The largest absolute Gasteiger partial charge is 0.481 e. The standard InChI is InChI=1S/C26H29F3N2O7S2/c27-26(28,29)23-12-11-22(40(37,38)21-7-2-1-3-8-21)18-19(23)6-5-17-39(35,36)30-20-13-15-31(16-14-20)24(32)9-4-10-25(33)34/h1-3,5-8,11-12,18,20,30H,4,9-10,13-17H2,(H,33,34). The Bertz CT molecular complexity index is 1450. The highest BCUT2D eigenvalue weighted by Crippen LogP contribution is 2.35. The molecule has 1 amide bonds. The smallest absolute Gasteiger partial charge is 0.416 e. The number of carboxylic acids is 1. The molecule has 0 aromatic heterocycles. The number of halogens is 3. The average molecular weight is 603 g/mol. The number of carboxylic acid groups (broad SMARTS) is 1. The summed E-state index contributed by atoms with van der Waals surface area (Å²) in [5.74, 6) is -1.84. The van der Waals surface area contributed by atoms with Crippen molar-refractivity contribution in [3.05, 3.63) is 65.7 Å². The predicted molar refractivity (Wildman–Crippen MR) is 140 cm³/mol. The highest BCUT2D eigenvalue weighted by molar-refractivity contribution is 7.91. The van der Waals surface area contributed by atoms with E-state index in [4.69, 9.17) is 5.11 Å². The zero-order valence-electron chi connectivity index (χ0n) is 21.3. The van der Waals surface area contributed by atoms with Crippen LogP contribution in [0.5, 0.6) is 0 Å². The lowest BCUT2D eigenvalue weighted by molar-refractivity contribution is -0.138. The number of piperidine rings is 1. The summed E-state index contributed by atoms with van der Waals surface area (Å²) in [7, 11) is -8.05. The molecule has 1 saturated heterocycles. The summed E-state index contributed by atoms with van der Waals surface area (Å²) < 4.78 is 94.2. The molecule has 1 aliphatic heterocycles. The highest BCUT2D eigenvalue weighted by atomic mass is 32.2. The SMILES string of the molecule is O=C(O)CCCC(=O)N1CCC(NS(=O)(=O)CC=Cc2cc(S(=O)(=O)c3ccccc3)ccc2C(F)(F)F)CC1. The number of alkyl halides is 3. The molecule has 1 fully saturated rings. The molecule has 9 nitrogen and oxygen atoms in total. The summed E-state index contributed by atoms with van der Waals surface area (Å²) in [5.41, 5.74) is -1.60. The number of benzene rings is 2. The van der Waals surface area contributed by atoms with E-state index in [2.05, 4.69) is 4.72 Å². The third-order valence-electron chi connectivity index (χ3n) is 6.28. The minimum Gasteiger partial charge on any atom is -0.481 e. The third-order valence-corrected chi connectivity index (χ3v) is 9.37. The molecule has 2 aromatic carbocycles. The number of sulfonamides is 1. The summed E-state index contributed by atoms with van der Waals surface area (Å²) in [5, 5.41) is 8.67. The van der Waals surface area contributed by atoms with Crippen molar-refractivity contribution in [1.29, 1.82) is 0 Å². The highest BCUT2D eigenvalue weighted by Gasteiger charge is 2.34. The van der Waals surface area contributed by atoms with E-state index in [1.54, 1.807) is 11.0 Å². The lowest BCUT2D eigenvalue weighted by Crippen LogP contribution is -2.46. The van der Waals surface area contributed by atoms with Crippen molar-refractivity contribution in [2.75, 3.05) is 18.8 Å². The van der Waals surface area contributed by atoms with Crippen LogP contribution in [-0.4, -0.2) is 63.6 Å². The van der Waals surface area contributed by atoms with E-state index in [0.717, 1.165) is 24.3 Å². The second kappa shape index (κ2) is 13.0. The first-order valence-corrected chi connectivity index (χ1v) is 15.5. The van der Waals surface area contributed by atoms with Crippen molar-refractivity contribution >= 4 is 37.8 Å². The molecule has 40 heavy (non-hydrogen) atoms. The number of carbonyl (C=O) groups is 2. The van der Waals surface area contributed by atoms with E-state index in [1.807, 2.05) is 0 Å². The lowest BCUT2D eigenvalue weighted by atomic mass is 10.1. The van der Waals surface area contributed by atoms with Crippen LogP contribution in [0.1, 0.15) is 43.2 Å². The van der Waals surface area contributed by atoms with Gasteiger partial charge < -0.3 is 10.0 Å². The topological polar surface area (TPSA) is 138 Å². The van der Waals surface area contributed by atoms with Gasteiger partial charge in [0.25, 0.3) is 0 Å². The van der Waals surface area contributed by atoms with Crippen molar-refractivity contribution in [2.45, 2.75) is 54.1 Å². The van der Waals surface area contributed by atoms with Gasteiger partial charge in [0.05, 0.1) is 21.1 Å². The molecule has 2 N–H and O–H groups in total. The first kappa shape index (κ1) is 31.3. The fourth-order valence-corrected chi connectivity index (χ4v) is 6.75. The van der Waals surface area contributed by atoms with Gasteiger partial charge in [0.2, 0.25) is 25.8 Å². The zero-order chi connectivity index (χ0) is 29.6. The Balaban J connectivity index is 1.66. The maximum atomic E-state index is 13.6. The van der Waals surface area contributed by atoms with Crippen LogP contribution in [0.4, 0.5) is 13.2 Å². The molecule has 3 rings (SSSR count). The van der Waals surface area contributed by atoms with Crippen LogP contribution in [0.2, 0.25) is 0 Å². The van der Waals surface area contributed by atoms with E-state index in [-0.39, 0.29) is 48.1 Å². The van der Waals surface area contributed by atoms with E-state index in [9.17, 15) is 39.6 Å². The lowest BCUT2D eigenvalue weighted by Gasteiger charge is -2.32. The van der Waals surface area contributed by atoms with Crippen molar-refractivity contribution in [1.82, 2.24) is 9.62 Å². The number of nitrogens with zero attached hydrogens (tertiary/aromatic N) is 1. The van der Waals surface area contributed by atoms with Crippen LogP contribution in [-0.2, 0) is 35.6 Å². The van der Waals surface area contributed by atoms with Gasteiger partial charge in [-0.15, -0.1) is 0 Å². The number of nitrogens with one attached hydrogen (secondary N) is 1. The third kappa shape index (κ3) is 8.63. The normalized spacial score (nSPS) is 15.4. The molecule has 14 heteroatoms. The van der Waals surface area contributed by atoms with Gasteiger partial charge in [0.1, 0.15) is 0 Å². The molecule has 0 bridgehead atoms. The van der Waals surface area contributed by atoms with Gasteiger partial charge in [-0.3, -0.25) is 9.59 Å². The van der Waals surface area contributed by atoms with Crippen molar-refractivity contribution in [2.24, 2.45) is 0 Å². The van der Waals surface area contributed by atoms with Crippen molar-refractivity contribution in [3.8, 4) is 0 Å². The van der Waals surface area contributed by atoms with Crippen LogP contribution >= 0.6 is 0 Å². The maximum absolute atomic E-state index is 13.6. The first-order chi connectivity index (χ1) is 18.7. The number of carbonyl (C=O) groups excluding carboxylic acids is 1. The van der Waals surface area contributed by atoms with Crippen LogP contribution in [0.15, 0.2) is 64.4 Å². The molecule has 1 heterocycles. The van der Waals surface area contributed by atoms with Gasteiger partial charge >= 0.3 is 12.1 Å². The van der Waals surface area contributed by atoms with E-state index < -0.39 is 54.9 Å². The fourth-order valence-electron chi connectivity index (χ4n) is 4.24. The Labute approximate surface area is 230 Å². The summed E-state index contributed by atoms with van der Waals surface area (Å²) in [6, 6.07) is 9.11. The number of hydrogen-bond acceptors (Lipinski definition) is 6. The molecule has 0 aliphatic carbocycles. The molecule has 1 aliphatic rings. The van der Waals surface area contributed by atoms with Gasteiger partial charge in [0, 0.05) is 32.0 Å². The molecule has 218 valence electrons. The van der Waals surface area contributed by atoms with Gasteiger partial charge in [0.15, 0.2) is 0 Å². The molecule has 2 aromatic rings. The van der Waals surface area contributed by atoms with Gasteiger partial charge in [-0.2, -0.15) is 13.2 Å². The second-order valence-corrected chi connectivity index (χ2v) is 13.0. The zero-order valence-corrected chi connectivity index (χ0v) is 22.9. The molecule has 0 unspecified atom stereocenters. The Morgan fingerprint density at radius 2 is 1.62 bits per heavy atom. The van der Waals surface area contributed by atoms with E-state index in [1.165, 1.54) is 24.3 Å². The minimum absolute atomic E-state index is 0.0846. The number of amides is 1. The summed E-state index contributed by atoms with van der Waals surface area (Å²) in [6.45, 7) is 0.569. The Morgan fingerprint density at radius 3 is 2.23 bits per heavy atom. The molecule has 0 radical (unpaired) electrons. The monoisotopic (exact) mass is 602 g/mol. The molecule has 0 atom stereocenters. The van der Waals surface area contributed by atoms with Crippen LogP contribution in [0, 0.1) is 0 Å². The summed E-state index contributed by atoms with van der Waals surface area (Å²) >= 11 is 0. The first-order valence-electron chi connectivity index (χ1n) is 12.4. The van der Waals surface area contributed by atoms with Gasteiger partial charge in [-0.1, -0.05) is 30.4 Å². The van der Waals surface area contributed by atoms with Crippen molar-refractivity contribution < 1.29 is 44.7 Å². The number of hydrogen-bond donors (Lipinski definition) is 2. The van der Waals surface area contributed by atoms with Gasteiger partial charge in [-0.25, -0.2) is 21.6 Å². The van der Waals surface area contributed by atoms with E-state index in [0.29, 0.717) is 18.9 Å². The molecule has 0 saturated carbocycles. The van der Waals surface area contributed by atoms with E-state index >= 15 is 0 Å². The fraction of sp³-hybridized carbons (Fsp3) is 0.385. The van der Waals surface area contributed by atoms with Gasteiger partial charge in [-0.05, 0) is 55.2 Å². The number of aliphatic carboxylic acids is 1. The molecular weight excluding hydrogens is 573 g/mol. The molecular formula is C26H29F3N2O7S2. The quantitative estimate of drug-likeness (QED) is 0.400. The summed E-state index contributed by atoms with van der Waals surface area (Å²) in [4.78, 5) is 23.9. The van der Waals surface area contributed by atoms with Crippen LogP contribution < -0.4 is 4.72 Å². The molecule has 0 spiro atoms. The average Bonchev–Trinajstić information content (AvgIpc) is 2.88. The maximum Gasteiger partial charge on any atom is 0.416 e. The Kier molecular flexibility index (Phi) is 10.1. The summed E-state index contributed by atoms with van der Waals surface area (Å²) in [6.07, 6.45) is -2.02. The van der Waals surface area contributed by atoms with Crippen molar-refractivity contribution in [3.63, 3.8) is 0 Å². The predicted octanol–water partition coefficient (Wildman–Crippen LogP) is 3.72. The Morgan fingerprint density at radius 1 is 0.975 bits per heavy atom. The van der Waals surface area contributed by atoms with Crippen LogP contribution in [0.3, 0.4) is 0 Å². The number of likely N-dealkylation sites (tertiary alicyclic amines) is 1. The second-order valence-electron chi connectivity index (χ2n) is 9.27. The number of rotatable bonds is 11. The van der Waals surface area contributed by atoms with Crippen LogP contribution in [0.25, 0.3) is 6.08 Å². The minimum atomic E-state index is -4.80.